The van der Waals surface area contributed by atoms with Gasteiger partial charge in [-0.25, -0.2) is 12.8 Å². The zero-order valence-electron chi connectivity index (χ0n) is 14.6. The molecule has 0 saturated carbocycles. The number of sulfonamides is 1. The summed E-state index contributed by atoms with van der Waals surface area (Å²) < 4.78 is 39.9. The highest BCUT2D eigenvalue weighted by molar-refractivity contribution is 8.00. The Labute approximate surface area is 177 Å². The summed E-state index contributed by atoms with van der Waals surface area (Å²) in [7, 11) is -3.79. The minimum absolute atomic E-state index is 0.00151. The number of halogens is 3. The molecule has 0 aliphatic carbocycles. The van der Waals surface area contributed by atoms with Crippen LogP contribution in [0.1, 0.15) is 0 Å². The Morgan fingerprint density at radius 3 is 2.32 bits per heavy atom. The van der Waals surface area contributed by atoms with Gasteiger partial charge in [-0.3, -0.25) is 4.79 Å². The molecule has 0 N–H and O–H groups in total. The minimum atomic E-state index is -3.79. The molecule has 2 aromatic rings. The van der Waals surface area contributed by atoms with E-state index >= 15 is 0 Å². The summed E-state index contributed by atoms with van der Waals surface area (Å²) in [5.74, 6) is -0.210. The predicted molar refractivity (Wildman–Crippen MR) is 109 cm³/mol. The van der Waals surface area contributed by atoms with Crippen LogP contribution in [-0.2, 0) is 14.8 Å². The summed E-state index contributed by atoms with van der Waals surface area (Å²) >= 11 is 13.3. The molecule has 0 aromatic heterocycles. The maximum absolute atomic E-state index is 12.9. The number of amides is 1. The summed E-state index contributed by atoms with van der Waals surface area (Å²) in [6, 6.07) is 10.4. The Kier molecular flexibility index (Phi) is 6.88. The monoisotopic (exact) mass is 462 g/mol. The van der Waals surface area contributed by atoms with E-state index in [1.807, 2.05) is 0 Å². The van der Waals surface area contributed by atoms with Crippen LogP contribution in [0.5, 0.6) is 0 Å². The molecule has 1 fully saturated rings. The summed E-state index contributed by atoms with van der Waals surface area (Å²) in [6.07, 6.45) is 0. The molecule has 3 rings (SSSR count). The van der Waals surface area contributed by atoms with Crippen LogP contribution in [-0.4, -0.2) is 55.5 Å². The third-order valence-electron chi connectivity index (χ3n) is 4.30. The van der Waals surface area contributed by atoms with E-state index in [1.165, 1.54) is 46.4 Å². The second kappa shape index (κ2) is 9.00. The van der Waals surface area contributed by atoms with Crippen LogP contribution < -0.4 is 0 Å². The average Bonchev–Trinajstić information content (AvgIpc) is 2.69. The number of thioether (sulfide) groups is 1. The Hall–Kier alpha value is -1.32. The van der Waals surface area contributed by atoms with Crippen molar-refractivity contribution in [2.75, 3.05) is 31.9 Å². The second-order valence-electron chi connectivity index (χ2n) is 6.08. The fourth-order valence-electron chi connectivity index (χ4n) is 2.77. The van der Waals surface area contributed by atoms with Crippen molar-refractivity contribution < 1.29 is 17.6 Å². The summed E-state index contributed by atoms with van der Waals surface area (Å²) in [5, 5.41) is 0.174. The SMILES string of the molecule is O=C(CSc1ccc(F)cc1)N1CCN(S(=O)(=O)c2cccc(Cl)c2Cl)CC1. The van der Waals surface area contributed by atoms with Gasteiger partial charge in [-0.2, -0.15) is 4.31 Å². The first-order chi connectivity index (χ1) is 13.3. The number of hydrogen-bond acceptors (Lipinski definition) is 4. The van der Waals surface area contributed by atoms with Crippen molar-refractivity contribution in [3.05, 3.63) is 58.3 Å². The van der Waals surface area contributed by atoms with Crippen molar-refractivity contribution in [3.63, 3.8) is 0 Å². The minimum Gasteiger partial charge on any atom is -0.339 e. The van der Waals surface area contributed by atoms with Gasteiger partial charge in [0, 0.05) is 31.1 Å². The molecule has 1 aliphatic heterocycles. The average molecular weight is 463 g/mol. The van der Waals surface area contributed by atoms with E-state index < -0.39 is 10.0 Å². The predicted octanol–water partition coefficient (Wildman–Crippen LogP) is 3.76. The van der Waals surface area contributed by atoms with Crippen molar-refractivity contribution in [2.45, 2.75) is 9.79 Å². The molecule has 10 heteroatoms. The van der Waals surface area contributed by atoms with Gasteiger partial charge in [0.2, 0.25) is 15.9 Å². The lowest BCUT2D eigenvalue weighted by Gasteiger charge is -2.34. The maximum atomic E-state index is 12.9. The molecule has 1 amide bonds. The lowest BCUT2D eigenvalue weighted by atomic mass is 10.3. The van der Waals surface area contributed by atoms with Crippen LogP contribution in [0, 0.1) is 5.82 Å². The first kappa shape index (κ1) is 21.4. The zero-order valence-corrected chi connectivity index (χ0v) is 17.8. The summed E-state index contributed by atoms with van der Waals surface area (Å²) in [6.45, 7) is 0.941. The van der Waals surface area contributed by atoms with Crippen LogP contribution >= 0.6 is 35.0 Å². The van der Waals surface area contributed by atoms with Crippen LogP contribution in [0.2, 0.25) is 10.0 Å². The van der Waals surface area contributed by atoms with Gasteiger partial charge >= 0.3 is 0 Å². The van der Waals surface area contributed by atoms with Crippen LogP contribution in [0.15, 0.2) is 52.3 Å². The fraction of sp³-hybridized carbons (Fsp3) is 0.278. The largest absolute Gasteiger partial charge is 0.339 e. The number of nitrogens with zero attached hydrogens (tertiary/aromatic N) is 2. The van der Waals surface area contributed by atoms with E-state index in [1.54, 1.807) is 17.0 Å². The molecular weight excluding hydrogens is 446 g/mol. The third kappa shape index (κ3) is 4.80. The quantitative estimate of drug-likeness (QED) is 0.634. The van der Waals surface area contributed by atoms with Gasteiger partial charge in [-0.1, -0.05) is 29.3 Å². The number of hydrogen-bond donors (Lipinski definition) is 0. The molecule has 0 atom stereocenters. The van der Waals surface area contributed by atoms with Gasteiger partial charge in [0.05, 0.1) is 15.8 Å². The number of benzene rings is 2. The molecular formula is C18H17Cl2FN2O3S2. The van der Waals surface area contributed by atoms with Gasteiger partial charge < -0.3 is 4.90 Å². The summed E-state index contributed by atoms with van der Waals surface area (Å²) in [4.78, 5) is 14.8. The summed E-state index contributed by atoms with van der Waals surface area (Å²) in [5.41, 5.74) is 0. The number of carbonyl (C=O) groups excluding carboxylic acids is 1. The van der Waals surface area contributed by atoms with Gasteiger partial charge in [0.15, 0.2) is 0 Å². The Morgan fingerprint density at radius 2 is 1.68 bits per heavy atom. The molecule has 0 bridgehead atoms. The molecule has 150 valence electrons. The van der Waals surface area contributed by atoms with E-state index in [9.17, 15) is 17.6 Å². The van der Waals surface area contributed by atoms with Gasteiger partial charge in [-0.15, -0.1) is 11.8 Å². The molecule has 28 heavy (non-hydrogen) atoms. The second-order valence-corrected chi connectivity index (χ2v) is 9.82. The standard InChI is InChI=1S/C18H17Cl2FN2O3S2/c19-15-2-1-3-16(18(15)20)28(25,26)23-10-8-22(9-11-23)17(24)12-27-14-6-4-13(21)5-7-14/h1-7H,8-12H2. The smallest absolute Gasteiger partial charge is 0.244 e. The van der Waals surface area contributed by atoms with Gasteiger partial charge in [-0.05, 0) is 36.4 Å². The van der Waals surface area contributed by atoms with Crippen LogP contribution in [0.4, 0.5) is 4.39 Å². The Bertz CT molecular complexity index is 963. The molecule has 0 spiro atoms. The zero-order chi connectivity index (χ0) is 20.3. The fourth-order valence-corrected chi connectivity index (χ4v) is 5.73. The van der Waals surface area contributed by atoms with Crippen molar-refractivity contribution in [1.82, 2.24) is 9.21 Å². The number of piperazine rings is 1. The van der Waals surface area contributed by atoms with E-state index in [-0.39, 0.29) is 45.5 Å². The normalized spacial score (nSPS) is 15.6. The van der Waals surface area contributed by atoms with Crippen molar-refractivity contribution in [3.8, 4) is 0 Å². The van der Waals surface area contributed by atoms with E-state index in [0.29, 0.717) is 13.1 Å². The lowest BCUT2D eigenvalue weighted by molar-refractivity contribution is -0.129. The molecule has 1 heterocycles. The third-order valence-corrected chi connectivity index (χ3v) is 8.17. The highest BCUT2D eigenvalue weighted by Crippen LogP contribution is 2.31. The molecule has 1 saturated heterocycles. The highest BCUT2D eigenvalue weighted by atomic mass is 35.5. The van der Waals surface area contributed by atoms with Gasteiger partial charge in [0.1, 0.15) is 10.7 Å². The molecule has 2 aromatic carbocycles. The van der Waals surface area contributed by atoms with Crippen LogP contribution in [0.3, 0.4) is 0 Å². The molecule has 0 radical (unpaired) electrons. The van der Waals surface area contributed by atoms with E-state index in [4.69, 9.17) is 23.2 Å². The van der Waals surface area contributed by atoms with Crippen molar-refractivity contribution in [1.29, 1.82) is 0 Å². The topological polar surface area (TPSA) is 57.7 Å². The van der Waals surface area contributed by atoms with E-state index in [0.717, 1.165) is 4.90 Å². The van der Waals surface area contributed by atoms with Gasteiger partial charge in [0.25, 0.3) is 0 Å². The maximum Gasteiger partial charge on any atom is 0.244 e. The van der Waals surface area contributed by atoms with Crippen molar-refractivity contribution in [2.24, 2.45) is 0 Å². The van der Waals surface area contributed by atoms with E-state index in [2.05, 4.69) is 0 Å². The first-order valence-corrected chi connectivity index (χ1v) is 11.6. The molecule has 5 nitrogen and oxygen atoms in total. The Morgan fingerprint density at radius 1 is 1.04 bits per heavy atom. The lowest BCUT2D eigenvalue weighted by Crippen LogP contribution is -2.51. The first-order valence-electron chi connectivity index (χ1n) is 8.39. The van der Waals surface area contributed by atoms with Crippen LogP contribution in [0.25, 0.3) is 0 Å². The molecule has 0 unspecified atom stereocenters. The highest BCUT2D eigenvalue weighted by Gasteiger charge is 2.31. The van der Waals surface area contributed by atoms with Crippen molar-refractivity contribution >= 4 is 50.9 Å². The number of carbonyl (C=O) groups is 1. The molecule has 1 aliphatic rings. The Balaban J connectivity index is 1.58. The number of rotatable bonds is 5.